The second-order valence-corrected chi connectivity index (χ2v) is 7.30. The summed E-state index contributed by atoms with van der Waals surface area (Å²) in [7, 11) is -2.97. The van der Waals surface area contributed by atoms with Crippen molar-refractivity contribution >= 4 is 15.5 Å². The smallest absolute Gasteiger partial charge is 0.182 e. The van der Waals surface area contributed by atoms with Gasteiger partial charge in [0.2, 0.25) is 0 Å². The van der Waals surface area contributed by atoms with Crippen molar-refractivity contribution in [3.8, 4) is 11.4 Å². The van der Waals surface area contributed by atoms with E-state index < -0.39 is 9.84 Å². The Hall–Kier alpha value is -1.96. The molecular weight excluding hydrogens is 278 g/mol. The largest absolute Gasteiger partial charge is 0.399 e. The first-order valence-electron chi connectivity index (χ1n) is 6.31. The standard InChI is InChI=1S/C12H15N5O2S/c1-8-6-9(2-3-11(8)13)12-14-15-16-17(12)10-4-5-20(18,19)7-10/h2-3,6,10H,4-5,7,13H2,1H3. The van der Waals surface area contributed by atoms with Crippen LogP contribution in [0.2, 0.25) is 0 Å². The average molecular weight is 293 g/mol. The van der Waals surface area contributed by atoms with Crippen LogP contribution in [0.3, 0.4) is 0 Å². The number of hydrogen-bond acceptors (Lipinski definition) is 6. The van der Waals surface area contributed by atoms with Crippen LogP contribution < -0.4 is 5.73 Å². The summed E-state index contributed by atoms with van der Waals surface area (Å²) in [5, 5.41) is 11.6. The summed E-state index contributed by atoms with van der Waals surface area (Å²) < 4.78 is 24.8. The van der Waals surface area contributed by atoms with Crippen LogP contribution in [0.4, 0.5) is 5.69 Å². The highest BCUT2D eigenvalue weighted by atomic mass is 32.2. The molecule has 2 aromatic rings. The Morgan fingerprint density at radius 2 is 2.20 bits per heavy atom. The fourth-order valence-electron chi connectivity index (χ4n) is 2.41. The van der Waals surface area contributed by atoms with E-state index in [0.717, 1.165) is 11.1 Å². The molecule has 1 aromatic heterocycles. The van der Waals surface area contributed by atoms with Gasteiger partial charge in [0, 0.05) is 11.3 Å². The summed E-state index contributed by atoms with van der Waals surface area (Å²) >= 11 is 0. The van der Waals surface area contributed by atoms with Crippen molar-refractivity contribution in [1.29, 1.82) is 0 Å². The van der Waals surface area contributed by atoms with Crippen LogP contribution >= 0.6 is 0 Å². The summed E-state index contributed by atoms with van der Waals surface area (Å²) in [6, 6.07) is 5.35. The zero-order valence-electron chi connectivity index (χ0n) is 11.0. The number of hydrogen-bond donors (Lipinski definition) is 1. The number of nitrogens with two attached hydrogens (primary N) is 1. The van der Waals surface area contributed by atoms with Gasteiger partial charge in [0.15, 0.2) is 15.7 Å². The maximum absolute atomic E-state index is 11.6. The molecule has 0 radical (unpaired) electrons. The fraction of sp³-hybridized carbons (Fsp3) is 0.417. The molecule has 1 unspecified atom stereocenters. The molecule has 1 atom stereocenters. The van der Waals surface area contributed by atoms with Gasteiger partial charge >= 0.3 is 0 Å². The number of benzene rings is 1. The van der Waals surface area contributed by atoms with Crippen molar-refractivity contribution in [2.75, 3.05) is 17.2 Å². The van der Waals surface area contributed by atoms with E-state index in [-0.39, 0.29) is 17.5 Å². The van der Waals surface area contributed by atoms with Gasteiger partial charge in [0.1, 0.15) is 0 Å². The third kappa shape index (κ3) is 2.26. The lowest BCUT2D eigenvalue weighted by Crippen LogP contribution is -2.14. The van der Waals surface area contributed by atoms with Gasteiger partial charge in [-0.15, -0.1) is 5.10 Å². The summed E-state index contributed by atoms with van der Waals surface area (Å²) in [5.41, 5.74) is 8.28. The van der Waals surface area contributed by atoms with Gasteiger partial charge in [-0.05, 0) is 47.5 Å². The molecule has 3 rings (SSSR count). The van der Waals surface area contributed by atoms with Crippen molar-refractivity contribution in [3.05, 3.63) is 23.8 Å². The lowest BCUT2D eigenvalue weighted by Gasteiger charge is -2.11. The average Bonchev–Trinajstić information content (AvgIpc) is 2.98. The predicted octanol–water partition coefficient (Wildman–Crippen LogP) is 0.590. The predicted molar refractivity (Wildman–Crippen MR) is 74.7 cm³/mol. The summed E-state index contributed by atoms with van der Waals surface area (Å²) in [6.07, 6.45) is 0.550. The van der Waals surface area contributed by atoms with E-state index in [9.17, 15) is 8.42 Å². The highest BCUT2D eigenvalue weighted by Crippen LogP contribution is 2.28. The molecule has 0 amide bonds. The number of aryl methyl sites for hydroxylation is 1. The first-order valence-corrected chi connectivity index (χ1v) is 8.13. The molecule has 0 bridgehead atoms. The van der Waals surface area contributed by atoms with E-state index in [1.165, 1.54) is 0 Å². The number of sulfone groups is 1. The lowest BCUT2D eigenvalue weighted by atomic mass is 10.1. The Labute approximate surface area is 116 Å². The minimum Gasteiger partial charge on any atom is -0.399 e. The maximum Gasteiger partial charge on any atom is 0.182 e. The topological polar surface area (TPSA) is 104 Å². The summed E-state index contributed by atoms with van der Waals surface area (Å²) in [6.45, 7) is 1.91. The Bertz CT molecular complexity index is 753. The Balaban J connectivity index is 2.00. The van der Waals surface area contributed by atoms with Crippen molar-refractivity contribution in [1.82, 2.24) is 20.2 Å². The summed E-state index contributed by atoms with van der Waals surface area (Å²) in [5.74, 6) is 0.867. The van der Waals surface area contributed by atoms with E-state index >= 15 is 0 Å². The molecule has 0 saturated carbocycles. The molecule has 1 fully saturated rings. The molecule has 0 aliphatic carbocycles. The van der Waals surface area contributed by atoms with Gasteiger partial charge in [0.25, 0.3) is 0 Å². The first-order chi connectivity index (χ1) is 9.46. The molecule has 0 spiro atoms. The minimum atomic E-state index is -2.97. The van der Waals surface area contributed by atoms with Gasteiger partial charge < -0.3 is 5.73 Å². The summed E-state index contributed by atoms with van der Waals surface area (Å²) in [4.78, 5) is 0. The van der Waals surface area contributed by atoms with Crippen LogP contribution in [-0.4, -0.2) is 40.1 Å². The fourth-order valence-corrected chi connectivity index (χ4v) is 4.10. The van der Waals surface area contributed by atoms with Crippen LogP contribution in [0.1, 0.15) is 18.0 Å². The molecule has 20 heavy (non-hydrogen) atoms. The zero-order valence-corrected chi connectivity index (χ0v) is 11.8. The van der Waals surface area contributed by atoms with E-state index in [1.807, 2.05) is 19.1 Å². The number of nitrogens with zero attached hydrogens (tertiary/aromatic N) is 4. The lowest BCUT2D eigenvalue weighted by molar-refractivity contribution is 0.489. The van der Waals surface area contributed by atoms with Crippen molar-refractivity contribution in [2.24, 2.45) is 0 Å². The van der Waals surface area contributed by atoms with Gasteiger partial charge in [-0.3, -0.25) is 0 Å². The van der Waals surface area contributed by atoms with E-state index in [4.69, 9.17) is 5.73 Å². The molecule has 2 N–H and O–H groups in total. The molecule has 1 aliphatic heterocycles. The number of tetrazole rings is 1. The number of anilines is 1. The van der Waals surface area contributed by atoms with Crippen LogP contribution in [0.25, 0.3) is 11.4 Å². The van der Waals surface area contributed by atoms with Gasteiger partial charge in [-0.1, -0.05) is 0 Å². The molecule has 1 saturated heterocycles. The minimum absolute atomic E-state index is 0.0962. The van der Waals surface area contributed by atoms with Gasteiger partial charge in [0.05, 0.1) is 17.5 Å². The highest BCUT2D eigenvalue weighted by molar-refractivity contribution is 7.91. The molecular formula is C12H15N5O2S. The Kier molecular flexibility index (Phi) is 2.97. The van der Waals surface area contributed by atoms with Crippen molar-refractivity contribution in [3.63, 3.8) is 0 Å². The number of rotatable bonds is 2. The molecule has 2 heterocycles. The van der Waals surface area contributed by atoms with E-state index in [2.05, 4.69) is 15.5 Å². The van der Waals surface area contributed by atoms with Crippen LogP contribution in [-0.2, 0) is 9.84 Å². The molecule has 7 nitrogen and oxygen atoms in total. The maximum atomic E-state index is 11.6. The third-order valence-corrected chi connectivity index (χ3v) is 5.33. The molecule has 1 aromatic carbocycles. The van der Waals surface area contributed by atoms with Gasteiger partial charge in [-0.2, -0.15) is 0 Å². The number of nitrogen functional groups attached to an aromatic ring is 1. The van der Waals surface area contributed by atoms with E-state index in [0.29, 0.717) is 17.9 Å². The quantitative estimate of drug-likeness (QED) is 0.813. The second-order valence-electron chi connectivity index (χ2n) is 5.08. The van der Waals surface area contributed by atoms with Crippen LogP contribution in [0.5, 0.6) is 0 Å². The Morgan fingerprint density at radius 1 is 1.40 bits per heavy atom. The monoisotopic (exact) mass is 293 g/mol. The van der Waals surface area contributed by atoms with Crippen molar-refractivity contribution in [2.45, 2.75) is 19.4 Å². The number of aromatic nitrogens is 4. The SMILES string of the molecule is Cc1cc(-c2nnnn2C2CCS(=O)(=O)C2)ccc1N. The first kappa shape index (κ1) is 13.0. The Morgan fingerprint density at radius 3 is 2.85 bits per heavy atom. The second kappa shape index (κ2) is 4.55. The highest BCUT2D eigenvalue weighted by Gasteiger charge is 2.31. The molecule has 1 aliphatic rings. The third-order valence-electron chi connectivity index (χ3n) is 3.58. The van der Waals surface area contributed by atoms with Crippen LogP contribution in [0, 0.1) is 6.92 Å². The normalized spacial score (nSPS) is 21.1. The zero-order chi connectivity index (χ0) is 14.3. The van der Waals surface area contributed by atoms with Crippen LogP contribution in [0.15, 0.2) is 18.2 Å². The molecule has 106 valence electrons. The van der Waals surface area contributed by atoms with Gasteiger partial charge in [-0.25, -0.2) is 13.1 Å². The van der Waals surface area contributed by atoms with Crippen molar-refractivity contribution < 1.29 is 8.42 Å². The van der Waals surface area contributed by atoms with E-state index in [1.54, 1.807) is 10.7 Å². The molecule has 8 heteroatoms.